The van der Waals surface area contributed by atoms with Crippen LogP contribution >= 0.6 is 11.3 Å². The highest BCUT2D eigenvalue weighted by Crippen LogP contribution is 2.39. The van der Waals surface area contributed by atoms with Crippen molar-refractivity contribution in [1.82, 2.24) is 20.1 Å². The van der Waals surface area contributed by atoms with Crippen molar-refractivity contribution in [2.45, 2.75) is 52.2 Å². The Bertz CT molecular complexity index is 1270. The van der Waals surface area contributed by atoms with Crippen molar-refractivity contribution < 1.29 is 19.4 Å². The first-order valence-electron chi connectivity index (χ1n) is 12.3. The van der Waals surface area contributed by atoms with Gasteiger partial charge in [-0.2, -0.15) is 0 Å². The van der Waals surface area contributed by atoms with E-state index in [-0.39, 0.29) is 6.42 Å². The Balaban J connectivity index is 1.40. The summed E-state index contributed by atoms with van der Waals surface area (Å²) in [4.78, 5) is 17.8. The van der Waals surface area contributed by atoms with Gasteiger partial charge >= 0.3 is 5.97 Å². The van der Waals surface area contributed by atoms with Crippen molar-refractivity contribution >= 4 is 23.0 Å². The average Bonchev–Trinajstić information content (AvgIpc) is 3.35. The Morgan fingerprint density at radius 3 is 2.61 bits per heavy atom. The third-order valence-corrected chi connectivity index (χ3v) is 7.92. The number of piperidine rings is 1. The molecule has 2 aliphatic heterocycles. The smallest absolute Gasteiger partial charge is 0.306 e. The summed E-state index contributed by atoms with van der Waals surface area (Å²) in [7, 11) is 0. The van der Waals surface area contributed by atoms with Gasteiger partial charge in [0, 0.05) is 16.0 Å². The minimum absolute atomic E-state index is 0.160. The molecule has 0 saturated carbocycles. The Morgan fingerprint density at radius 2 is 1.89 bits per heavy atom. The summed E-state index contributed by atoms with van der Waals surface area (Å²) < 4.78 is 13.8. The van der Waals surface area contributed by atoms with Crippen LogP contribution in [0.3, 0.4) is 0 Å². The van der Waals surface area contributed by atoms with E-state index in [1.54, 1.807) is 11.3 Å². The summed E-state index contributed by atoms with van der Waals surface area (Å²) in [5.41, 5.74) is 3.80. The minimum atomic E-state index is -0.927. The lowest BCUT2D eigenvalue weighted by molar-refractivity contribution is -0.137. The first-order valence-corrected chi connectivity index (χ1v) is 13.1. The Labute approximate surface area is 214 Å². The molecule has 10 heteroatoms. The molecule has 1 fully saturated rings. The molecule has 1 atom stereocenters. The van der Waals surface area contributed by atoms with Gasteiger partial charge in [-0.1, -0.05) is 0 Å². The summed E-state index contributed by atoms with van der Waals surface area (Å²) in [6.45, 7) is 9.12. The number of ether oxygens (including phenoxy) is 2. The third kappa shape index (κ3) is 4.93. The molecule has 3 aromatic rings. The number of hydrogen-bond acceptors (Lipinski definition) is 8. The van der Waals surface area contributed by atoms with E-state index in [0.29, 0.717) is 25.1 Å². The SMILES string of the molecule is Cc1sc2c(c1C)C(c1ccc(OCCOC3CCNCC3)cc1)=N[C@@H](CC(=O)O)c1nnc(C)n1-2. The monoisotopic (exact) mass is 509 g/mol. The summed E-state index contributed by atoms with van der Waals surface area (Å²) in [6, 6.07) is 7.18. The maximum absolute atomic E-state index is 11.7. The molecule has 190 valence electrons. The van der Waals surface area contributed by atoms with Crippen molar-refractivity contribution in [1.29, 1.82) is 0 Å². The highest BCUT2D eigenvalue weighted by Gasteiger charge is 2.32. The normalized spacial score (nSPS) is 17.8. The van der Waals surface area contributed by atoms with Crippen molar-refractivity contribution in [3.05, 3.63) is 57.5 Å². The van der Waals surface area contributed by atoms with E-state index in [0.717, 1.165) is 64.9 Å². The number of aliphatic carboxylic acids is 1. The molecular weight excluding hydrogens is 478 g/mol. The van der Waals surface area contributed by atoms with E-state index in [1.807, 2.05) is 35.8 Å². The fourth-order valence-electron chi connectivity index (χ4n) is 4.74. The quantitative estimate of drug-likeness (QED) is 0.445. The molecule has 2 aliphatic rings. The minimum Gasteiger partial charge on any atom is -0.491 e. The molecular formula is C26H31N5O4S. The van der Waals surface area contributed by atoms with E-state index >= 15 is 0 Å². The highest BCUT2D eigenvalue weighted by atomic mass is 32.1. The fraction of sp³-hybridized carbons (Fsp3) is 0.462. The number of hydrogen-bond donors (Lipinski definition) is 2. The second-order valence-electron chi connectivity index (χ2n) is 9.19. The van der Waals surface area contributed by atoms with Crippen molar-refractivity contribution in [3.63, 3.8) is 0 Å². The number of aliphatic imine (C=N–C) groups is 1. The van der Waals surface area contributed by atoms with Crippen molar-refractivity contribution in [3.8, 4) is 10.8 Å². The van der Waals surface area contributed by atoms with Gasteiger partial charge in [0.05, 0.1) is 24.8 Å². The maximum Gasteiger partial charge on any atom is 0.306 e. The van der Waals surface area contributed by atoms with Gasteiger partial charge in [0.25, 0.3) is 0 Å². The molecule has 5 rings (SSSR count). The second kappa shape index (κ2) is 10.5. The maximum atomic E-state index is 11.7. The predicted molar refractivity (Wildman–Crippen MR) is 138 cm³/mol. The van der Waals surface area contributed by atoms with Crippen molar-refractivity contribution in [2.75, 3.05) is 26.3 Å². The van der Waals surface area contributed by atoms with Crippen LogP contribution in [0.25, 0.3) is 5.00 Å². The lowest BCUT2D eigenvalue weighted by Gasteiger charge is -2.22. The molecule has 36 heavy (non-hydrogen) atoms. The van der Waals surface area contributed by atoms with E-state index in [2.05, 4.69) is 29.4 Å². The van der Waals surface area contributed by atoms with E-state index in [1.165, 1.54) is 4.88 Å². The summed E-state index contributed by atoms with van der Waals surface area (Å²) in [6.07, 6.45) is 2.23. The Hall–Kier alpha value is -3.08. The zero-order valence-corrected chi connectivity index (χ0v) is 21.6. The molecule has 0 amide bonds. The number of nitrogens with zero attached hydrogens (tertiary/aromatic N) is 4. The van der Waals surface area contributed by atoms with Gasteiger partial charge in [-0.3, -0.25) is 14.4 Å². The molecule has 4 heterocycles. The number of carboxylic acid groups (broad SMARTS) is 1. The first-order chi connectivity index (χ1) is 17.4. The zero-order chi connectivity index (χ0) is 25.2. The van der Waals surface area contributed by atoms with Crippen molar-refractivity contribution in [2.24, 2.45) is 4.99 Å². The van der Waals surface area contributed by atoms with Gasteiger partial charge in [0.15, 0.2) is 5.82 Å². The van der Waals surface area contributed by atoms with Gasteiger partial charge in [-0.25, -0.2) is 0 Å². The third-order valence-electron chi connectivity index (χ3n) is 6.73. The van der Waals surface area contributed by atoms with E-state index in [4.69, 9.17) is 14.5 Å². The first kappa shape index (κ1) is 24.6. The number of carboxylic acids is 1. The predicted octanol–water partition coefficient (Wildman–Crippen LogP) is 3.77. The molecule has 0 bridgehead atoms. The van der Waals surface area contributed by atoms with Crippen LogP contribution in [0.5, 0.6) is 5.75 Å². The summed E-state index contributed by atoms with van der Waals surface area (Å²) >= 11 is 1.65. The number of rotatable bonds is 8. The topological polar surface area (TPSA) is 111 Å². The van der Waals surface area contributed by atoms with Gasteiger partial charge in [-0.05, 0) is 76.5 Å². The molecule has 1 aromatic carbocycles. The number of thiophene rings is 1. The second-order valence-corrected chi connectivity index (χ2v) is 10.4. The van der Waals surface area contributed by atoms with Crippen LogP contribution in [0, 0.1) is 20.8 Å². The van der Waals surface area contributed by atoms with Crippen LogP contribution < -0.4 is 10.1 Å². The van der Waals surface area contributed by atoms with Gasteiger partial charge < -0.3 is 19.9 Å². The zero-order valence-electron chi connectivity index (χ0n) is 20.8. The van der Waals surface area contributed by atoms with Crippen LogP contribution in [0.15, 0.2) is 29.3 Å². The molecule has 2 aromatic heterocycles. The molecule has 0 spiro atoms. The lowest BCUT2D eigenvalue weighted by atomic mass is 9.99. The summed E-state index contributed by atoms with van der Waals surface area (Å²) in [5.74, 6) is 1.11. The fourth-order valence-corrected chi connectivity index (χ4v) is 5.95. The molecule has 1 saturated heterocycles. The van der Waals surface area contributed by atoms with Crippen LogP contribution in [0.1, 0.15) is 58.5 Å². The van der Waals surface area contributed by atoms with Gasteiger partial charge in [0.1, 0.15) is 29.2 Å². The molecule has 2 N–H and O–H groups in total. The van der Waals surface area contributed by atoms with E-state index < -0.39 is 12.0 Å². The number of aromatic nitrogens is 3. The number of fused-ring (bicyclic) bond motifs is 3. The van der Waals surface area contributed by atoms with Crippen LogP contribution in [0.2, 0.25) is 0 Å². The number of carbonyl (C=O) groups is 1. The average molecular weight is 510 g/mol. The highest BCUT2D eigenvalue weighted by molar-refractivity contribution is 7.15. The largest absolute Gasteiger partial charge is 0.491 e. The Kier molecular flexibility index (Phi) is 7.17. The molecule has 0 radical (unpaired) electrons. The summed E-state index contributed by atoms with van der Waals surface area (Å²) in [5, 5.41) is 22.5. The molecule has 9 nitrogen and oxygen atoms in total. The Morgan fingerprint density at radius 1 is 1.14 bits per heavy atom. The van der Waals surface area contributed by atoms with Crippen LogP contribution in [-0.2, 0) is 9.53 Å². The molecule has 0 aliphatic carbocycles. The van der Waals surface area contributed by atoms with Crippen LogP contribution in [0.4, 0.5) is 0 Å². The van der Waals surface area contributed by atoms with Gasteiger partial charge in [0.2, 0.25) is 0 Å². The number of aryl methyl sites for hydroxylation is 2. The number of benzene rings is 1. The van der Waals surface area contributed by atoms with Crippen LogP contribution in [-0.4, -0.2) is 64.0 Å². The number of nitrogens with one attached hydrogen (secondary N) is 1. The van der Waals surface area contributed by atoms with E-state index in [9.17, 15) is 9.90 Å². The molecule has 0 unspecified atom stereocenters. The lowest BCUT2D eigenvalue weighted by Crippen LogP contribution is -2.33. The standard InChI is InChI=1S/C26H31N5O4S/c1-15-16(2)36-26-23(15)24(28-21(14-22(32)33)25-30-29-17(3)31(25)26)18-4-6-19(7-5-18)34-12-13-35-20-8-10-27-11-9-20/h4-7,20-21,27H,8-14H2,1-3H3,(H,32,33)/t21-/m0/s1. The van der Waals surface area contributed by atoms with Gasteiger partial charge in [-0.15, -0.1) is 21.5 Å².